The van der Waals surface area contributed by atoms with Crippen LogP contribution >= 0.6 is 0 Å². The number of rotatable bonds is 14. The lowest BCUT2D eigenvalue weighted by Gasteiger charge is -2.36. The number of hydrogen-bond donors (Lipinski definition) is 8. The summed E-state index contributed by atoms with van der Waals surface area (Å²) in [7, 11) is 4.48. The molecule has 0 saturated carbocycles. The van der Waals surface area contributed by atoms with Crippen molar-refractivity contribution in [2.45, 2.75) is 180 Å². The van der Waals surface area contributed by atoms with E-state index in [9.17, 15) is 29.1 Å². The van der Waals surface area contributed by atoms with E-state index in [0.717, 1.165) is 21.5 Å². The van der Waals surface area contributed by atoms with Crippen LogP contribution in [0.4, 0.5) is 0 Å². The number of likely N-dealkylation sites (tertiary alicyclic amines) is 2. The molecular formula is C82H99N15O14. The minimum absolute atomic E-state index is 0.000211. The molecule has 586 valence electrons. The average Bonchev–Trinajstić information content (AvgIpc) is 1.65. The van der Waals surface area contributed by atoms with Gasteiger partial charge in [-0.15, -0.1) is 10.2 Å². The third kappa shape index (κ3) is 20.0. The van der Waals surface area contributed by atoms with Crippen molar-refractivity contribution in [1.29, 1.82) is 0 Å². The molecule has 0 radical (unpaired) electrons. The zero-order valence-electron chi connectivity index (χ0n) is 64.4. The number of aromatic nitrogens is 6. The second-order valence-corrected chi connectivity index (χ2v) is 31.3. The van der Waals surface area contributed by atoms with E-state index in [-0.39, 0.29) is 71.2 Å². The molecule has 8 N–H and O–H groups in total. The van der Waals surface area contributed by atoms with E-state index in [1.165, 1.54) is 21.6 Å². The molecular weight excluding hydrogens is 1420 g/mol. The summed E-state index contributed by atoms with van der Waals surface area (Å²) in [6.07, 6.45) is 2.64. The molecule has 7 amide bonds. The summed E-state index contributed by atoms with van der Waals surface area (Å²) >= 11 is 0. The van der Waals surface area contributed by atoms with Gasteiger partial charge in [0.25, 0.3) is 0 Å². The second kappa shape index (κ2) is 35.1. The predicted molar refractivity (Wildman–Crippen MR) is 411 cm³/mol. The van der Waals surface area contributed by atoms with Crippen LogP contribution in [-0.2, 0) is 91.6 Å². The van der Waals surface area contributed by atoms with Crippen LogP contribution in [0.2, 0.25) is 0 Å². The van der Waals surface area contributed by atoms with Crippen LogP contribution in [0.25, 0.3) is 21.5 Å². The Hall–Kier alpha value is -11.5. The standard InChI is InChI=1S/C82H99N15O14/c1-47(83-9)72(99)88-70(81(3,4)5)77(104)94-43-60-39-67(94)75(102)85-64(36-51-20-26-53-16-12-14-18-55(53)33-51)69(98)38-57(80(108)109-11)32-49-22-28-62(29-23-49)110-45-58-42-97(93-90-58)61-40-68(95(44-61)78(105)71(82(6,7)8)89-73(100)48(2)84-10)76(103)86-65(37-52-21-27-54-17-13-15-19-56(54)34-52)74(101)87-66(79(106)107)35-50-24-30-63(31-25-50)111-46-59-41-96(60)92-91-59/h12-31,33-34,41-42,47-48,57,60-61,64-68,70-71,83-84H,32,35-40,43-46H2,1-11H3,(H,85,102)(H,86,103)(H,87,101)(H,88,99)(H,89,100)(H,106,107)/t47-,48-,57+,60-,61-,64-,65-,66-,67-,68-,70+,71+/m0/s1. The van der Waals surface area contributed by atoms with E-state index in [1.54, 1.807) is 135 Å². The Kier molecular flexibility index (Phi) is 25.4. The first-order valence-corrected chi connectivity index (χ1v) is 37.4. The maximum atomic E-state index is 15.4. The lowest BCUT2D eigenvalue weighted by atomic mass is 9.85. The molecule has 12 bridgehead atoms. The fourth-order valence-electron chi connectivity index (χ4n) is 14.3. The van der Waals surface area contributed by atoms with E-state index in [4.69, 9.17) is 14.2 Å². The highest BCUT2D eigenvalue weighted by Gasteiger charge is 2.49. The van der Waals surface area contributed by atoms with Gasteiger partial charge in [0.05, 0.1) is 55.6 Å². The number of ether oxygens (including phenoxy) is 3. The van der Waals surface area contributed by atoms with Gasteiger partial charge in [0.1, 0.15) is 72.4 Å². The molecule has 29 heteroatoms. The number of likely N-dealkylation sites (N-methyl/N-ethyl adjacent to an activating group) is 2. The highest BCUT2D eigenvalue weighted by Crippen LogP contribution is 2.35. The number of aliphatic carboxylic acids is 1. The fraction of sp³-hybridized carbons (Fsp3) is 0.439. The van der Waals surface area contributed by atoms with E-state index in [1.807, 2.05) is 84.9 Å². The SMILES string of the molecule is CN[C@@H](C)C(=O)N[C@H](C(=O)N1C[C@@H]2C[C@H]1C(=O)N[C@@H](Cc1ccc3ccccc3c1)C(=O)C[C@H](C(=O)OC)Cc1ccc(cc1)OCc1cn(nn1)[C@H]1C[C@@H](C(=O)N[C@@H](Cc3ccc4ccccc4c3)C(=O)N[C@H](C(=O)O)Cc3ccc(cc3)OCc3cn2nn3)N(C(=O)[C@@H](NC(=O)[C@H](C)NC)C(C)(C)C)C1)C(C)(C)C. The summed E-state index contributed by atoms with van der Waals surface area (Å²) in [5.41, 5.74) is 1.49. The van der Waals surface area contributed by atoms with Crippen molar-refractivity contribution in [3.63, 3.8) is 0 Å². The van der Waals surface area contributed by atoms with Gasteiger partial charge in [0.15, 0.2) is 5.78 Å². The van der Waals surface area contributed by atoms with Gasteiger partial charge in [0.2, 0.25) is 41.4 Å². The maximum absolute atomic E-state index is 15.4. The number of nitrogens with zero attached hydrogens (tertiary/aromatic N) is 8. The van der Waals surface area contributed by atoms with Crippen molar-refractivity contribution < 1.29 is 67.3 Å². The van der Waals surface area contributed by atoms with E-state index < -0.39 is 142 Å². The topological polar surface area (TPSA) is 371 Å². The number of nitrogens with one attached hydrogen (secondary N) is 7. The van der Waals surface area contributed by atoms with Crippen LogP contribution < -0.4 is 46.7 Å². The average molecular weight is 1520 g/mol. The molecule has 6 aliphatic rings. The van der Waals surface area contributed by atoms with Crippen LogP contribution in [0.1, 0.15) is 120 Å². The lowest BCUT2D eigenvalue weighted by Crippen LogP contribution is -2.60. The summed E-state index contributed by atoms with van der Waals surface area (Å²) < 4.78 is 20.8. The minimum atomic E-state index is -1.51. The number of carbonyl (C=O) groups excluding carboxylic acids is 9. The molecule has 14 rings (SSSR count). The first-order valence-electron chi connectivity index (χ1n) is 37.4. The summed E-state index contributed by atoms with van der Waals surface area (Å²) in [5.74, 6) is -6.98. The lowest BCUT2D eigenvalue weighted by molar-refractivity contribution is -0.147. The normalized spacial score (nSPS) is 21.6. The molecule has 0 aliphatic carbocycles. The third-order valence-corrected chi connectivity index (χ3v) is 21.0. The van der Waals surface area contributed by atoms with Gasteiger partial charge in [-0.05, 0) is 120 Å². The van der Waals surface area contributed by atoms with Gasteiger partial charge in [-0.25, -0.2) is 14.2 Å². The Morgan fingerprint density at radius 1 is 0.550 bits per heavy atom. The van der Waals surface area contributed by atoms with Crippen LogP contribution in [0, 0.1) is 16.7 Å². The van der Waals surface area contributed by atoms with Crippen molar-refractivity contribution in [2.24, 2.45) is 16.7 Å². The second-order valence-electron chi connectivity index (χ2n) is 31.3. The number of esters is 1. The van der Waals surface area contributed by atoms with Gasteiger partial charge in [-0.3, -0.25) is 43.2 Å². The van der Waals surface area contributed by atoms with Gasteiger partial charge in [0, 0.05) is 45.2 Å². The maximum Gasteiger partial charge on any atom is 0.326 e. The monoisotopic (exact) mass is 1520 g/mol. The zero-order chi connectivity index (χ0) is 79.6. The number of fused-ring (bicyclic) bond motifs is 2. The number of ketones is 1. The fourth-order valence-corrected chi connectivity index (χ4v) is 14.3. The Morgan fingerprint density at radius 2 is 0.973 bits per heavy atom. The van der Waals surface area contributed by atoms with Crippen molar-refractivity contribution in [2.75, 3.05) is 34.3 Å². The molecule has 111 heavy (non-hydrogen) atoms. The quantitative estimate of drug-likeness (QED) is 0.0626. The van der Waals surface area contributed by atoms with Crippen molar-refractivity contribution in [3.8, 4) is 11.5 Å². The Labute approximate surface area is 644 Å². The first-order chi connectivity index (χ1) is 52.9. The summed E-state index contributed by atoms with van der Waals surface area (Å²) in [6, 6.07) is 28.5. The molecule has 6 aromatic carbocycles. The van der Waals surface area contributed by atoms with Crippen molar-refractivity contribution >= 4 is 80.6 Å². The number of methoxy groups -OCH3 is 1. The predicted octanol–water partition coefficient (Wildman–Crippen LogP) is 5.47. The number of benzene rings is 6. The molecule has 2 saturated heterocycles. The Balaban J connectivity index is 0.927. The van der Waals surface area contributed by atoms with E-state index >= 15 is 24.0 Å². The Bertz CT molecular complexity index is 4720. The largest absolute Gasteiger partial charge is 0.487 e. The van der Waals surface area contributed by atoms with Crippen LogP contribution in [0.5, 0.6) is 11.5 Å². The number of carbonyl (C=O) groups is 10. The smallest absolute Gasteiger partial charge is 0.326 e. The minimum Gasteiger partial charge on any atom is -0.487 e. The molecule has 8 heterocycles. The number of carboxylic acids is 1. The Morgan fingerprint density at radius 3 is 1.40 bits per heavy atom. The van der Waals surface area contributed by atoms with Crippen molar-refractivity contribution in [3.05, 3.63) is 179 Å². The van der Waals surface area contributed by atoms with Gasteiger partial charge in [-0.2, -0.15) is 0 Å². The highest BCUT2D eigenvalue weighted by atomic mass is 16.5. The molecule has 0 spiro atoms. The van der Waals surface area contributed by atoms with Crippen LogP contribution in [0.3, 0.4) is 0 Å². The summed E-state index contributed by atoms with van der Waals surface area (Å²) in [6.45, 7) is 13.8. The zero-order valence-corrected chi connectivity index (χ0v) is 64.4. The molecule has 2 fully saturated rings. The summed E-state index contributed by atoms with van der Waals surface area (Å²) in [4.78, 5) is 148. The number of hydrogen-bond acceptors (Lipinski definition) is 19. The number of carboxylic acid groups (broad SMARTS) is 1. The molecule has 29 nitrogen and oxygen atoms in total. The van der Waals surface area contributed by atoms with E-state index in [0.29, 0.717) is 45.1 Å². The van der Waals surface area contributed by atoms with Crippen LogP contribution in [-0.4, -0.2) is 193 Å². The highest BCUT2D eigenvalue weighted by molar-refractivity contribution is 5.99. The molecule has 8 aromatic rings. The number of Topliss-reactive ketones (excluding diaryl/α,β-unsaturated/α-hetero) is 1. The molecule has 0 unspecified atom stereocenters. The van der Waals surface area contributed by atoms with Gasteiger partial charge < -0.3 is 66.3 Å². The van der Waals surface area contributed by atoms with Gasteiger partial charge in [-0.1, -0.05) is 161 Å². The number of amides is 7. The summed E-state index contributed by atoms with van der Waals surface area (Å²) in [5, 5.41) is 52.5. The third-order valence-electron chi connectivity index (χ3n) is 21.0. The molecule has 2 aromatic heterocycles. The van der Waals surface area contributed by atoms with Crippen LogP contribution in [0.15, 0.2) is 146 Å². The van der Waals surface area contributed by atoms with Gasteiger partial charge >= 0.3 is 11.9 Å². The van der Waals surface area contributed by atoms with Crippen molar-refractivity contribution in [1.82, 2.24) is 77.0 Å². The molecule has 6 aliphatic heterocycles. The van der Waals surface area contributed by atoms with E-state index in [2.05, 4.69) is 57.8 Å². The molecule has 12 atom stereocenters. The first kappa shape index (κ1) is 80.6.